The van der Waals surface area contributed by atoms with Crippen LogP contribution >= 0.6 is 11.8 Å². The van der Waals surface area contributed by atoms with E-state index in [0.717, 1.165) is 17.2 Å². The Morgan fingerprint density at radius 3 is 2.35 bits per heavy atom. The number of aliphatic hydroxyl groups excluding tert-OH is 1. The predicted octanol–water partition coefficient (Wildman–Crippen LogP) is 4.77. The molecule has 3 aliphatic rings. The highest BCUT2D eigenvalue weighted by Gasteiger charge is 2.76. The highest BCUT2D eigenvalue weighted by atomic mass is 32.2. The summed E-state index contributed by atoms with van der Waals surface area (Å²) in [6, 6.07) is 21.7. The molecule has 208 valence electrons. The van der Waals surface area contributed by atoms with Crippen LogP contribution in [0.5, 0.6) is 0 Å². The molecule has 3 saturated heterocycles. The summed E-state index contributed by atoms with van der Waals surface area (Å²) in [4.78, 5) is 44.0. The third-order valence-electron chi connectivity index (χ3n) is 9.11. The zero-order valence-electron chi connectivity index (χ0n) is 22.9. The van der Waals surface area contributed by atoms with E-state index in [1.807, 2.05) is 86.6 Å². The summed E-state index contributed by atoms with van der Waals surface area (Å²) >= 11 is 1.64. The number of nitrogens with one attached hydrogen (secondary N) is 2. The lowest BCUT2D eigenvalue weighted by Crippen LogP contribution is -2.57. The number of benzene rings is 3. The minimum atomic E-state index is -0.810. The molecule has 3 unspecified atom stereocenters. The average molecular weight is 558 g/mol. The maximum absolute atomic E-state index is 14.4. The maximum Gasteiger partial charge on any atom is 0.248 e. The Morgan fingerprint density at radius 1 is 0.975 bits per heavy atom. The van der Waals surface area contributed by atoms with Gasteiger partial charge >= 0.3 is 0 Å². The van der Waals surface area contributed by atoms with Gasteiger partial charge in [-0.1, -0.05) is 69.3 Å². The molecule has 3 aromatic rings. The van der Waals surface area contributed by atoms with Gasteiger partial charge in [0.15, 0.2) is 0 Å². The first-order chi connectivity index (χ1) is 19.3. The largest absolute Gasteiger partial charge is 0.394 e. The van der Waals surface area contributed by atoms with Crippen LogP contribution in [0.25, 0.3) is 10.8 Å². The Bertz CT molecular complexity index is 1460. The summed E-state index contributed by atoms with van der Waals surface area (Å²) in [6.45, 7) is 5.74. The van der Waals surface area contributed by atoms with Crippen molar-refractivity contribution in [2.45, 2.75) is 49.3 Å². The summed E-state index contributed by atoms with van der Waals surface area (Å²) in [5.74, 6) is -1.89. The Kier molecular flexibility index (Phi) is 6.87. The number of carbonyl (C=O) groups excluding carboxylic acids is 3. The van der Waals surface area contributed by atoms with Crippen molar-refractivity contribution in [3.63, 3.8) is 0 Å². The van der Waals surface area contributed by atoms with E-state index in [9.17, 15) is 19.5 Å². The van der Waals surface area contributed by atoms with Gasteiger partial charge in [0.2, 0.25) is 17.7 Å². The topological polar surface area (TPSA) is 98.7 Å². The van der Waals surface area contributed by atoms with E-state index >= 15 is 0 Å². The average Bonchev–Trinajstić information content (AvgIpc) is 3.53. The van der Waals surface area contributed by atoms with Crippen LogP contribution in [-0.2, 0) is 14.4 Å². The highest BCUT2D eigenvalue weighted by Crippen LogP contribution is 2.69. The summed E-state index contributed by atoms with van der Waals surface area (Å²) < 4.78 is -0.760. The lowest BCUT2D eigenvalue weighted by atomic mass is 9.66. The first-order valence-corrected chi connectivity index (χ1v) is 14.9. The van der Waals surface area contributed by atoms with Gasteiger partial charge in [-0.2, -0.15) is 0 Å². The number of amides is 3. The van der Waals surface area contributed by atoms with Gasteiger partial charge in [0.25, 0.3) is 0 Å². The Morgan fingerprint density at radius 2 is 1.65 bits per heavy atom. The second kappa shape index (κ2) is 10.2. The molecule has 3 amide bonds. The van der Waals surface area contributed by atoms with Crippen LogP contribution in [0.2, 0.25) is 0 Å². The number of para-hydroxylation sites is 1. The van der Waals surface area contributed by atoms with E-state index in [1.165, 1.54) is 0 Å². The minimum absolute atomic E-state index is 0.0427. The van der Waals surface area contributed by atoms with E-state index < -0.39 is 28.7 Å². The molecular formula is C32H35N3O4S. The summed E-state index contributed by atoms with van der Waals surface area (Å²) in [5, 5.41) is 18.6. The number of anilines is 2. The van der Waals surface area contributed by atoms with Gasteiger partial charge in [0, 0.05) is 16.6 Å². The fourth-order valence-corrected chi connectivity index (χ4v) is 9.67. The molecule has 8 heteroatoms. The van der Waals surface area contributed by atoms with Crippen molar-refractivity contribution in [2.75, 3.05) is 17.2 Å². The number of carbonyl (C=O) groups is 3. The fourth-order valence-electron chi connectivity index (χ4n) is 7.26. The van der Waals surface area contributed by atoms with Gasteiger partial charge < -0.3 is 20.6 Å². The highest BCUT2D eigenvalue weighted by molar-refractivity contribution is 8.02. The lowest BCUT2D eigenvalue weighted by molar-refractivity contribution is -0.142. The molecule has 6 rings (SSSR count). The molecule has 3 aromatic carbocycles. The summed E-state index contributed by atoms with van der Waals surface area (Å²) in [5.41, 5.74) is 1.34. The molecule has 3 N–H and O–H groups in total. The van der Waals surface area contributed by atoms with Crippen molar-refractivity contribution in [2.24, 2.45) is 23.7 Å². The first kappa shape index (κ1) is 26.8. The molecule has 3 fully saturated rings. The number of rotatable bonds is 7. The van der Waals surface area contributed by atoms with Gasteiger partial charge in [-0.3, -0.25) is 14.4 Å². The number of thioether (sulfide) groups is 1. The fraction of sp³-hybridized carbons (Fsp3) is 0.406. The van der Waals surface area contributed by atoms with E-state index in [4.69, 9.17) is 0 Å². The maximum atomic E-state index is 14.4. The Labute approximate surface area is 238 Å². The van der Waals surface area contributed by atoms with E-state index in [0.29, 0.717) is 11.4 Å². The molecule has 0 aliphatic carbocycles. The van der Waals surface area contributed by atoms with Crippen LogP contribution in [0.4, 0.5) is 11.4 Å². The van der Waals surface area contributed by atoms with E-state index in [2.05, 4.69) is 17.6 Å². The minimum Gasteiger partial charge on any atom is -0.394 e. The molecule has 2 bridgehead atoms. The van der Waals surface area contributed by atoms with Crippen molar-refractivity contribution in [1.29, 1.82) is 0 Å². The number of hydrogen-bond donors (Lipinski definition) is 3. The van der Waals surface area contributed by atoms with Gasteiger partial charge in [-0.05, 0) is 53.3 Å². The monoisotopic (exact) mass is 557 g/mol. The standard InChI is InChI=1S/C32H35N3O4S/c1-18(2)24(17-36)35-28(30(38)34-23-14-13-20-9-7-8-10-21(20)16-23)32-19(3)15-25(40-32)26(27(32)31(35)39)29(37)33-22-11-5-4-6-12-22/h4-14,16,18-19,24-28,36H,15,17H2,1-3H3,(H,33,37)(H,34,38)/t19?,24-,25-,26+,27-,28?,32?/m0/s1. The van der Waals surface area contributed by atoms with E-state index in [1.54, 1.807) is 16.7 Å². The molecule has 0 radical (unpaired) electrons. The van der Waals surface area contributed by atoms with Crippen LogP contribution < -0.4 is 10.6 Å². The first-order valence-electron chi connectivity index (χ1n) is 14.0. The zero-order valence-corrected chi connectivity index (χ0v) is 23.7. The summed E-state index contributed by atoms with van der Waals surface area (Å²) in [6.07, 6.45) is 0.750. The van der Waals surface area contributed by atoms with Crippen molar-refractivity contribution in [3.8, 4) is 0 Å². The summed E-state index contributed by atoms with van der Waals surface area (Å²) in [7, 11) is 0. The van der Waals surface area contributed by atoms with Gasteiger partial charge in [0.05, 0.1) is 29.2 Å². The third-order valence-corrected chi connectivity index (χ3v) is 11.2. The predicted molar refractivity (Wildman–Crippen MR) is 159 cm³/mol. The molecule has 3 aliphatic heterocycles. The van der Waals surface area contributed by atoms with Crippen LogP contribution in [0.15, 0.2) is 72.8 Å². The number of likely N-dealkylation sites (tertiary alicyclic amines) is 1. The molecule has 40 heavy (non-hydrogen) atoms. The van der Waals surface area contributed by atoms with Crippen LogP contribution in [0.1, 0.15) is 27.2 Å². The second-order valence-corrected chi connectivity index (χ2v) is 13.2. The third kappa shape index (κ3) is 4.11. The molecule has 7 atom stereocenters. The zero-order chi connectivity index (χ0) is 28.2. The van der Waals surface area contributed by atoms with Gasteiger partial charge in [-0.25, -0.2) is 0 Å². The lowest BCUT2D eigenvalue weighted by Gasteiger charge is -2.40. The molecule has 7 nitrogen and oxygen atoms in total. The number of aliphatic hydroxyl groups is 1. The second-order valence-electron chi connectivity index (χ2n) is 11.7. The molecule has 3 heterocycles. The van der Waals surface area contributed by atoms with Gasteiger partial charge in [-0.15, -0.1) is 11.8 Å². The van der Waals surface area contributed by atoms with Crippen LogP contribution in [-0.4, -0.2) is 56.4 Å². The van der Waals surface area contributed by atoms with Crippen molar-refractivity contribution >= 4 is 51.6 Å². The van der Waals surface area contributed by atoms with Crippen LogP contribution in [0, 0.1) is 23.7 Å². The molecular weight excluding hydrogens is 522 g/mol. The normalized spacial score (nSPS) is 29.6. The molecule has 1 spiro atoms. The van der Waals surface area contributed by atoms with Gasteiger partial charge in [0.1, 0.15) is 6.04 Å². The van der Waals surface area contributed by atoms with Crippen LogP contribution in [0.3, 0.4) is 0 Å². The SMILES string of the molecule is CC(C)[C@H](CO)N1C(=O)[C@@H]2[C@H](C(=O)Nc3ccccc3)[C@@H]3CC(C)C2(S3)C1C(=O)Nc1ccc2ccccc2c1. The Hall–Kier alpha value is -3.36. The quantitative estimate of drug-likeness (QED) is 0.389. The van der Waals surface area contributed by atoms with Crippen molar-refractivity contribution < 1.29 is 19.5 Å². The van der Waals surface area contributed by atoms with Crippen molar-refractivity contribution in [1.82, 2.24) is 4.90 Å². The molecule has 0 aromatic heterocycles. The number of nitrogens with zero attached hydrogens (tertiary/aromatic N) is 1. The van der Waals surface area contributed by atoms with E-state index in [-0.39, 0.29) is 41.4 Å². The number of hydrogen-bond acceptors (Lipinski definition) is 5. The molecule has 0 saturated carbocycles. The number of fused-ring (bicyclic) bond motifs is 2. The van der Waals surface area contributed by atoms with Crippen molar-refractivity contribution in [3.05, 3.63) is 72.8 Å². The smallest absolute Gasteiger partial charge is 0.248 e. The Balaban J connectivity index is 1.39.